The zero-order chi connectivity index (χ0) is 18.9. The monoisotopic (exact) mass is 369 g/mol. The molecule has 3 aromatic rings. The van der Waals surface area contributed by atoms with E-state index in [0.717, 1.165) is 30.0 Å². The van der Waals surface area contributed by atoms with Crippen molar-refractivity contribution in [1.29, 1.82) is 0 Å². The molecule has 0 aliphatic carbocycles. The van der Waals surface area contributed by atoms with Crippen molar-refractivity contribution < 1.29 is 4.79 Å². The first-order chi connectivity index (χ1) is 13.8. The lowest BCUT2D eigenvalue weighted by Gasteiger charge is -2.38. The van der Waals surface area contributed by atoms with E-state index < -0.39 is 0 Å². The molecule has 4 heteroatoms. The topological polar surface area (TPSA) is 35.6 Å². The van der Waals surface area contributed by atoms with Gasteiger partial charge in [0.05, 0.1) is 5.56 Å². The normalized spacial score (nSPS) is 18.7. The Hall–Kier alpha value is -3.27. The molecule has 0 aromatic heterocycles. The van der Waals surface area contributed by atoms with Gasteiger partial charge in [0, 0.05) is 30.2 Å². The number of benzene rings is 3. The van der Waals surface area contributed by atoms with Crippen LogP contribution in [0.2, 0.25) is 0 Å². The quantitative estimate of drug-likeness (QED) is 0.701. The van der Waals surface area contributed by atoms with E-state index in [4.69, 9.17) is 0 Å². The van der Waals surface area contributed by atoms with Gasteiger partial charge in [0.15, 0.2) is 0 Å². The number of carbonyl (C=O) groups is 1. The lowest BCUT2D eigenvalue weighted by atomic mass is 10.0. The molecule has 1 saturated heterocycles. The van der Waals surface area contributed by atoms with E-state index >= 15 is 0 Å². The smallest absolute Gasteiger partial charge is 0.262 e. The van der Waals surface area contributed by atoms with Gasteiger partial charge in [-0.05, 0) is 54.8 Å². The average molecular weight is 369 g/mol. The molecule has 5 rings (SSSR count). The summed E-state index contributed by atoms with van der Waals surface area (Å²) >= 11 is 0. The number of hydrogen-bond donors (Lipinski definition) is 1. The first kappa shape index (κ1) is 16.9. The Morgan fingerprint density at radius 2 is 1.43 bits per heavy atom. The second-order valence-corrected chi connectivity index (χ2v) is 7.39. The fourth-order valence-corrected chi connectivity index (χ4v) is 4.18. The van der Waals surface area contributed by atoms with Gasteiger partial charge in [-0.15, -0.1) is 0 Å². The molecular weight excluding hydrogens is 346 g/mol. The second kappa shape index (κ2) is 7.04. The summed E-state index contributed by atoms with van der Waals surface area (Å²) in [4.78, 5) is 17.6. The van der Waals surface area contributed by atoms with Crippen LogP contribution >= 0.6 is 0 Å². The number of fused-ring (bicyclic) bond motifs is 1. The molecule has 2 heterocycles. The number of para-hydroxylation sites is 2. The van der Waals surface area contributed by atoms with Crippen molar-refractivity contribution in [1.82, 2.24) is 0 Å². The highest BCUT2D eigenvalue weighted by molar-refractivity contribution is 6.12. The van der Waals surface area contributed by atoms with Gasteiger partial charge in [-0.3, -0.25) is 9.69 Å². The highest BCUT2D eigenvalue weighted by atomic mass is 16.2. The molecule has 3 aromatic carbocycles. The van der Waals surface area contributed by atoms with Crippen LogP contribution in [0.3, 0.4) is 0 Å². The van der Waals surface area contributed by atoms with Crippen LogP contribution in [0.15, 0.2) is 78.9 Å². The van der Waals surface area contributed by atoms with Gasteiger partial charge in [0.25, 0.3) is 5.91 Å². The average Bonchev–Trinajstić information content (AvgIpc) is 3.29. The number of rotatable bonds is 3. The maximum Gasteiger partial charge on any atom is 0.262 e. The maximum atomic E-state index is 13.4. The lowest BCUT2D eigenvalue weighted by Crippen LogP contribution is -2.43. The molecule has 1 N–H and O–H groups in total. The highest BCUT2D eigenvalue weighted by Gasteiger charge is 2.33. The maximum absolute atomic E-state index is 13.4. The minimum absolute atomic E-state index is 0.0224. The molecule has 0 saturated carbocycles. The number of hydrogen-bond acceptors (Lipinski definition) is 3. The Balaban J connectivity index is 1.54. The summed E-state index contributed by atoms with van der Waals surface area (Å²) in [5, 5.41) is 3.57. The zero-order valence-electron chi connectivity index (χ0n) is 15.7. The molecule has 1 unspecified atom stereocenters. The van der Waals surface area contributed by atoms with Crippen molar-refractivity contribution in [2.45, 2.75) is 19.0 Å². The third kappa shape index (κ3) is 2.91. The fraction of sp³-hybridized carbons (Fsp3) is 0.208. The zero-order valence-corrected chi connectivity index (χ0v) is 15.7. The molecule has 0 bridgehead atoms. The largest absolute Gasteiger partial charge is 0.372 e. The molecule has 4 nitrogen and oxygen atoms in total. The van der Waals surface area contributed by atoms with E-state index in [9.17, 15) is 4.79 Å². The predicted octanol–water partition coefficient (Wildman–Crippen LogP) is 5.06. The second-order valence-electron chi connectivity index (χ2n) is 7.39. The molecule has 2 aliphatic heterocycles. The van der Waals surface area contributed by atoms with Gasteiger partial charge < -0.3 is 10.2 Å². The van der Waals surface area contributed by atoms with Crippen molar-refractivity contribution in [3.05, 3.63) is 90.0 Å². The Morgan fingerprint density at radius 3 is 2.18 bits per heavy atom. The molecular formula is C24H23N3O. The third-order valence-electron chi connectivity index (χ3n) is 5.64. The number of nitrogens with zero attached hydrogens (tertiary/aromatic N) is 2. The minimum Gasteiger partial charge on any atom is -0.372 e. The molecule has 0 radical (unpaired) electrons. The van der Waals surface area contributed by atoms with Crippen molar-refractivity contribution in [2.75, 3.05) is 28.2 Å². The van der Waals surface area contributed by atoms with Crippen molar-refractivity contribution in [2.24, 2.45) is 0 Å². The summed E-state index contributed by atoms with van der Waals surface area (Å²) in [6.07, 6.45) is 2.29. The standard InChI is InChI=1S/C24H23N3O/c28-24-21-10-4-5-11-22(21)25-23(27(24)20-8-2-1-3-9-20)18-12-14-19(15-13-18)26-16-6-7-17-26/h1-5,8-15,23,25H,6-7,16-17H2. The number of amides is 1. The van der Waals surface area contributed by atoms with E-state index in [1.165, 1.54) is 18.5 Å². The first-order valence-corrected chi connectivity index (χ1v) is 9.90. The molecule has 0 spiro atoms. The fourth-order valence-electron chi connectivity index (χ4n) is 4.18. The van der Waals surface area contributed by atoms with E-state index in [2.05, 4.69) is 34.5 Å². The van der Waals surface area contributed by atoms with E-state index in [0.29, 0.717) is 5.56 Å². The van der Waals surface area contributed by atoms with Crippen LogP contribution in [0.25, 0.3) is 0 Å². The Bertz CT molecular complexity index is 978. The van der Waals surface area contributed by atoms with Crippen LogP contribution in [-0.4, -0.2) is 19.0 Å². The van der Waals surface area contributed by atoms with Gasteiger partial charge >= 0.3 is 0 Å². The molecule has 140 valence electrons. The van der Waals surface area contributed by atoms with Crippen LogP contribution in [0, 0.1) is 0 Å². The van der Waals surface area contributed by atoms with E-state index in [1.54, 1.807) is 0 Å². The van der Waals surface area contributed by atoms with Crippen molar-refractivity contribution in [3.63, 3.8) is 0 Å². The van der Waals surface area contributed by atoms with Crippen LogP contribution in [0.5, 0.6) is 0 Å². The number of nitrogens with one attached hydrogen (secondary N) is 1. The van der Waals surface area contributed by atoms with Gasteiger partial charge in [0.2, 0.25) is 0 Å². The highest BCUT2D eigenvalue weighted by Crippen LogP contribution is 2.37. The van der Waals surface area contributed by atoms with Crippen LogP contribution in [-0.2, 0) is 0 Å². The molecule has 1 fully saturated rings. The van der Waals surface area contributed by atoms with E-state index in [1.807, 2.05) is 59.5 Å². The Kier molecular flexibility index (Phi) is 4.24. The summed E-state index contributed by atoms with van der Waals surface area (Å²) < 4.78 is 0. The number of anilines is 3. The molecule has 28 heavy (non-hydrogen) atoms. The van der Waals surface area contributed by atoms with E-state index in [-0.39, 0.29) is 12.1 Å². The first-order valence-electron chi connectivity index (χ1n) is 9.90. The Labute approximate surface area is 165 Å². The summed E-state index contributed by atoms with van der Waals surface area (Å²) in [6, 6.07) is 26.2. The SMILES string of the molecule is O=C1c2ccccc2NC(c2ccc(N3CCCC3)cc2)N1c1ccccc1. The van der Waals surface area contributed by atoms with Gasteiger partial charge in [-0.1, -0.05) is 42.5 Å². The summed E-state index contributed by atoms with van der Waals surface area (Å²) in [5.74, 6) is 0.0224. The molecule has 2 aliphatic rings. The molecule has 1 atom stereocenters. The predicted molar refractivity (Wildman–Crippen MR) is 114 cm³/mol. The molecule has 1 amide bonds. The van der Waals surface area contributed by atoms with Crippen LogP contribution in [0.1, 0.15) is 34.9 Å². The van der Waals surface area contributed by atoms with Gasteiger partial charge in [-0.25, -0.2) is 0 Å². The van der Waals surface area contributed by atoms with Crippen molar-refractivity contribution >= 4 is 23.0 Å². The van der Waals surface area contributed by atoms with Gasteiger partial charge in [-0.2, -0.15) is 0 Å². The lowest BCUT2D eigenvalue weighted by molar-refractivity contribution is 0.0975. The van der Waals surface area contributed by atoms with Crippen LogP contribution in [0.4, 0.5) is 17.1 Å². The number of carbonyl (C=O) groups excluding carboxylic acids is 1. The third-order valence-corrected chi connectivity index (χ3v) is 5.64. The summed E-state index contributed by atoms with van der Waals surface area (Å²) in [5.41, 5.74) is 4.82. The van der Waals surface area contributed by atoms with Crippen LogP contribution < -0.4 is 15.1 Å². The summed E-state index contributed by atoms with van der Waals surface area (Å²) in [7, 11) is 0. The summed E-state index contributed by atoms with van der Waals surface area (Å²) in [6.45, 7) is 2.26. The van der Waals surface area contributed by atoms with Gasteiger partial charge in [0.1, 0.15) is 6.17 Å². The Morgan fingerprint density at radius 1 is 0.750 bits per heavy atom. The van der Waals surface area contributed by atoms with Crippen molar-refractivity contribution in [3.8, 4) is 0 Å². The minimum atomic E-state index is -0.238.